The lowest BCUT2D eigenvalue weighted by Crippen LogP contribution is -2.14. The molecule has 0 spiro atoms. The molecule has 0 saturated carbocycles. The number of sulfonamides is 1. The molecule has 0 aliphatic carbocycles. The van der Waals surface area contributed by atoms with Gasteiger partial charge in [-0.25, -0.2) is 18.4 Å². The molecule has 0 radical (unpaired) electrons. The Morgan fingerprint density at radius 2 is 1.89 bits per heavy atom. The number of anilines is 1. The van der Waals surface area contributed by atoms with Gasteiger partial charge in [0.05, 0.1) is 4.47 Å². The van der Waals surface area contributed by atoms with Gasteiger partial charge in [-0.3, -0.25) is 4.72 Å². The number of nitrogens with zero attached hydrogens (tertiary/aromatic N) is 2. The highest BCUT2D eigenvalue weighted by Gasteiger charge is 2.16. The van der Waals surface area contributed by atoms with Crippen molar-refractivity contribution < 1.29 is 8.42 Å². The van der Waals surface area contributed by atoms with E-state index in [0.717, 1.165) is 4.47 Å². The van der Waals surface area contributed by atoms with Gasteiger partial charge >= 0.3 is 0 Å². The van der Waals surface area contributed by atoms with Gasteiger partial charge in [0.1, 0.15) is 15.9 Å². The monoisotopic (exact) mass is 425 g/mol. The fourth-order valence-electron chi connectivity index (χ4n) is 1.18. The smallest absolute Gasteiger partial charge is 0.263 e. The lowest BCUT2D eigenvalue weighted by atomic mass is 10.5. The Hall–Kier alpha value is -0.700. The highest BCUT2D eigenvalue weighted by atomic mass is 79.9. The first-order valence-electron chi connectivity index (χ1n) is 4.84. The van der Waals surface area contributed by atoms with Gasteiger partial charge in [-0.2, -0.15) is 0 Å². The van der Waals surface area contributed by atoms with Crippen LogP contribution in [0.5, 0.6) is 0 Å². The zero-order valence-electron chi connectivity index (χ0n) is 9.14. The normalized spacial score (nSPS) is 11.3. The van der Waals surface area contributed by atoms with Crippen LogP contribution in [-0.4, -0.2) is 18.4 Å². The molecule has 2 heterocycles. The zero-order chi connectivity index (χ0) is 14.0. The third kappa shape index (κ3) is 3.65. The van der Waals surface area contributed by atoms with Crippen molar-refractivity contribution in [2.45, 2.75) is 4.90 Å². The first-order chi connectivity index (χ1) is 8.88. The van der Waals surface area contributed by atoms with Crippen LogP contribution in [0.15, 0.2) is 44.4 Å². The molecule has 2 aromatic heterocycles. The lowest BCUT2D eigenvalue weighted by molar-refractivity contribution is 0.600. The lowest BCUT2D eigenvalue weighted by Gasteiger charge is -2.07. The zero-order valence-corrected chi connectivity index (χ0v) is 13.9. The maximum Gasteiger partial charge on any atom is 0.264 e. The van der Waals surface area contributed by atoms with Gasteiger partial charge in [-0.05, 0) is 50.1 Å². The van der Waals surface area contributed by atoms with Crippen LogP contribution in [0.2, 0.25) is 5.15 Å². The molecule has 0 bridgehead atoms. The predicted molar refractivity (Wildman–Crippen MR) is 79.7 cm³/mol. The number of rotatable bonds is 3. The SMILES string of the molecule is O=S(=O)(Nc1ccc(Br)cn1)c1cnc(Cl)c(Br)c1. The van der Waals surface area contributed by atoms with E-state index in [-0.39, 0.29) is 15.9 Å². The summed E-state index contributed by atoms with van der Waals surface area (Å²) in [6.45, 7) is 0. The molecule has 0 aliphatic heterocycles. The highest BCUT2D eigenvalue weighted by Crippen LogP contribution is 2.24. The van der Waals surface area contributed by atoms with Crippen molar-refractivity contribution in [2.75, 3.05) is 4.72 Å². The van der Waals surface area contributed by atoms with Crippen molar-refractivity contribution in [3.8, 4) is 0 Å². The standard InChI is InChI=1S/C10H6Br2ClN3O2S/c11-6-1-2-9(14-4-6)16-19(17,18)7-3-8(12)10(13)15-5-7/h1-5H,(H,14,16). The van der Waals surface area contributed by atoms with Gasteiger partial charge in [-0.1, -0.05) is 11.6 Å². The fraction of sp³-hybridized carbons (Fsp3) is 0. The number of hydrogen-bond acceptors (Lipinski definition) is 4. The number of halogens is 3. The minimum Gasteiger partial charge on any atom is -0.263 e. The molecule has 5 nitrogen and oxygen atoms in total. The van der Waals surface area contributed by atoms with Crippen molar-refractivity contribution in [2.24, 2.45) is 0 Å². The Balaban J connectivity index is 2.32. The molecule has 100 valence electrons. The second-order valence-electron chi connectivity index (χ2n) is 3.41. The first-order valence-corrected chi connectivity index (χ1v) is 8.28. The van der Waals surface area contributed by atoms with Crippen molar-refractivity contribution in [1.82, 2.24) is 9.97 Å². The van der Waals surface area contributed by atoms with Crippen LogP contribution in [0.1, 0.15) is 0 Å². The summed E-state index contributed by atoms with van der Waals surface area (Å²) >= 11 is 12.1. The minimum atomic E-state index is -3.74. The molecule has 2 rings (SSSR count). The summed E-state index contributed by atoms with van der Waals surface area (Å²) < 4.78 is 27.7. The molecule has 0 fully saturated rings. The number of hydrogen-bond donors (Lipinski definition) is 1. The molecule has 0 unspecified atom stereocenters. The molecule has 0 amide bonds. The quantitative estimate of drug-likeness (QED) is 0.762. The maximum atomic E-state index is 12.1. The molecule has 9 heteroatoms. The van der Waals surface area contributed by atoms with Gasteiger partial charge in [-0.15, -0.1) is 0 Å². The van der Waals surface area contributed by atoms with E-state index >= 15 is 0 Å². The fourth-order valence-corrected chi connectivity index (χ4v) is 3.00. The Bertz CT molecular complexity index is 707. The highest BCUT2D eigenvalue weighted by molar-refractivity contribution is 9.10. The molecule has 0 aliphatic rings. The predicted octanol–water partition coefficient (Wildman–Crippen LogP) is 3.46. The summed E-state index contributed by atoms with van der Waals surface area (Å²) in [6.07, 6.45) is 2.67. The molecule has 1 N–H and O–H groups in total. The Labute approximate surface area is 131 Å². The van der Waals surface area contributed by atoms with Crippen LogP contribution in [0.4, 0.5) is 5.82 Å². The summed E-state index contributed by atoms with van der Waals surface area (Å²) in [5.74, 6) is 0.217. The van der Waals surface area contributed by atoms with Gasteiger partial charge in [0.15, 0.2) is 0 Å². The van der Waals surface area contributed by atoms with Gasteiger partial charge < -0.3 is 0 Å². The first kappa shape index (κ1) is 14.7. The van der Waals surface area contributed by atoms with E-state index < -0.39 is 10.0 Å². The summed E-state index contributed by atoms with van der Waals surface area (Å²) in [5, 5.41) is 0.195. The third-order valence-corrected chi connectivity index (χ3v) is 4.97. The van der Waals surface area contributed by atoms with Gasteiger partial charge in [0.2, 0.25) is 0 Å². The largest absolute Gasteiger partial charge is 0.264 e. The Morgan fingerprint density at radius 1 is 1.16 bits per heavy atom. The summed E-state index contributed by atoms with van der Waals surface area (Å²) in [5.41, 5.74) is 0. The second kappa shape index (κ2) is 5.74. The molecular weight excluding hydrogens is 421 g/mol. The molecule has 0 atom stereocenters. The van der Waals surface area contributed by atoms with Crippen molar-refractivity contribution in [3.63, 3.8) is 0 Å². The van der Waals surface area contributed by atoms with Crippen LogP contribution in [-0.2, 0) is 10.0 Å². The van der Waals surface area contributed by atoms with Crippen LogP contribution in [0.25, 0.3) is 0 Å². The van der Waals surface area contributed by atoms with E-state index in [4.69, 9.17) is 11.6 Å². The third-order valence-electron chi connectivity index (χ3n) is 2.05. The van der Waals surface area contributed by atoms with Crippen molar-refractivity contribution in [1.29, 1.82) is 0 Å². The van der Waals surface area contributed by atoms with Crippen LogP contribution in [0.3, 0.4) is 0 Å². The summed E-state index contributed by atoms with van der Waals surface area (Å²) in [7, 11) is -3.74. The molecule has 0 saturated heterocycles. The van der Waals surface area contributed by atoms with E-state index in [2.05, 4.69) is 46.5 Å². The van der Waals surface area contributed by atoms with Gasteiger partial charge in [0.25, 0.3) is 10.0 Å². The molecule has 0 aromatic carbocycles. The number of pyridine rings is 2. The average molecular weight is 428 g/mol. The second-order valence-corrected chi connectivity index (χ2v) is 7.22. The molecule has 2 aromatic rings. The van der Waals surface area contributed by atoms with Crippen molar-refractivity contribution >= 4 is 59.3 Å². The van der Waals surface area contributed by atoms with Crippen LogP contribution in [0, 0.1) is 0 Å². The molecular formula is C10H6Br2ClN3O2S. The van der Waals surface area contributed by atoms with Gasteiger partial charge in [0, 0.05) is 16.9 Å². The van der Waals surface area contributed by atoms with Crippen LogP contribution < -0.4 is 4.72 Å². The van der Waals surface area contributed by atoms with Crippen molar-refractivity contribution in [3.05, 3.63) is 44.7 Å². The van der Waals surface area contributed by atoms with Crippen LogP contribution >= 0.6 is 43.5 Å². The summed E-state index contributed by atoms with van der Waals surface area (Å²) in [4.78, 5) is 7.70. The number of aromatic nitrogens is 2. The minimum absolute atomic E-state index is 0.00602. The maximum absolute atomic E-state index is 12.1. The number of nitrogens with one attached hydrogen (secondary N) is 1. The topological polar surface area (TPSA) is 72.0 Å². The van der Waals surface area contributed by atoms with E-state index in [1.54, 1.807) is 12.1 Å². The summed E-state index contributed by atoms with van der Waals surface area (Å²) in [6, 6.07) is 4.59. The Kier molecular flexibility index (Phi) is 4.44. The average Bonchev–Trinajstić information content (AvgIpc) is 2.35. The van der Waals surface area contributed by atoms with E-state index in [0.29, 0.717) is 4.47 Å². The molecule has 19 heavy (non-hydrogen) atoms. The Morgan fingerprint density at radius 3 is 2.47 bits per heavy atom. The van der Waals surface area contributed by atoms with E-state index in [9.17, 15) is 8.42 Å². The van der Waals surface area contributed by atoms with E-state index in [1.807, 2.05) is 0 Å². The van der Waals surface area contributed by atoms with E-state index in [1.165, 1.54) is 18.5 Å².